The summed E-state index contributed by atoms with van der Waals surface area (Å²) < 4.78 is 10.6. The van der Waals surface area contributed by atoms with Crippen LogP contribution in [0.4, 0.5) is 4.79 Å². The first kappa shape index (κ1) is 17.7. The quantitative estimate of drug-likeness (QED) is 0.345. The first-order valence-electron chi connectivity index (χ1n) is 6.91. The van der Waals surface area contributed by atoms with Crippen molar-refractivity contribution in [2.45, 2.75) is 0 Å². The van der Waals surface area contributed by atoms with E-state index in [1.54, 1.807) is 24.3 Å². The van der Waals surface area contributed by atoms with Gasteiger partial charge in [-0.2, -0.15) is 0 Å². The molecule has 1 aromatic rings. The van der Waals surface area contributed by atoms with E-state index >= 15 is 0 Å². The molecule has 0 radical (unpaired) electrons. The lowest BCUT2D eigenvalue weighted by Crippen LogP contribution is -2.36. The normalized spacial score (nSPS) is 15.4. The Hall–Kier alpha value is -2.61. The van der Waals surface area contributed by atoms with Crippen LogP contribution in [0.3, 0.4) is 0 Å². The van der Waals surface area contributed by atoms with Crippen LogP contribution in [-0.4, -0.2) is 43.1 Å². The van der Waals surface area contributed by atoms with Gasteiger partial charge in [0.05, 0.1) is 11.6 Å². The molecule has 0 aliphatic carbocycles. The Morgan fingerprint density at radius 3 is 2.79 bits per heavy atom. The lowest BCUT2D eigenvalue weighted by Gasteiger charge is -2.09. The Kier molecular flexibility index (Phi) is 5.75. The summed E-state index contributed by atoms with van der Waals surface area (Å²) in [7, 11) is 1.19. The number of ether oxygens (including phenoxy) is 2. The molecule has 1 aliphatic rings. The maximum absolute atomic E-state index is 12.2. The number of methoxy groups -OCH3 is 1. The first-order chi connectivity index (χ1) is 11.5. The summed E-state index contributed by atoms with van der Waals surface area (Å²) in [5.74, 6) is -0.633. The molecule has 0 saturated carbocycles. The van der Waals surface area contributed by atoms with Crippen LogP contribution in [0.25, 0.3) is 6.08 Å². The number of amides is 3. The van der Waals surface area contributed by atoms with Gasteiger partial charge < -0.3 is 14.8 Å². The Balaban J connectivity index is 2.18. The van der Waals surface area contributed by atoms with E-state index in [9.17, 15) is 14.4 Å². The van der Waals surface area contributed by atoms with Gasteiger partial charge in [0.1, 0.15) is 24.6 Å². The summed E-state index contributed by atoms with van der Waals surface area (Å²) in [6.07, 6.45) is 3.14. The number of halogens is 1. The molecule has 2 rings (SSSR count). The Labute approximate surface area is 147 Å². The molecular formula is C16H15BrN2O5. The summed E-state index contributed by atoms with van der Waals surface area (Å²) in [5, 5.41) is 2.43. The molecule has 0 bridgehead atoms. The van der Waals surface area contributed by atoms with Crippen LogP contribution < -0.4 is 10.1 Å². The molecule has 126 valence electrons. The molecule has 1 aromatic carbocycles. The van der Waals surface area contributed by atoms with Crippen molar-refractivity contribution in [3.8, 4) is 5.75 Å². The van der Waals surface area contributed by atoms with Crippen molar-refractivity contribution in [1.29, 1.82) is 0 Å². The minimum absolute atomic E-state index is 0.0792. The van der Waals surface area contributed by atoms with E-state index < -0.39 is 24.5 Å². The zero-order chi connectivity index (χ0) is 17.7. The zero-order valence-electron chi connectivity index (χ0n) is 12.9. The second-order valence-corrected chi connectivity index (χ2v) is 5.60. The van der Waals surface area contributed by atoms with Gasteiger partial charge >= 0.3 is 12.0 Å². The van der Waals surface area contributed by atoms with Gasteiger partial charge in [0.25, 0.3) is 5.91 Å². The molecule has 1 N–H and O–H groups in total. The number of carbonyl (C=O) groups excluding carboxylic acids is 3. The fourth-order valence-corrected chi connectivity index (χ4v) is 2.46. The molecule has 7 nitrogen and oxygen atoms in total. The fraction of sp³-hybridized carbons (Fsp3) is 0.188. The third-order valence-corrected chi connectivity index (χ3v) is 3.72. The summed E-state index contributed by atoms with van der Waals surface area (Å²) in [4.78, 5) is 36.0. The monoisotopic (exact) mass is 394 g/mol. The maximum Gasteiger partial charge on any atom is 0.329 e. The number of rotatable bonds is 6. The average Bonchev–Trinajstić information content (AvgIpc) is 2.81. The highest BCUT2D eigenvalue weighted by Gasteiger charge is 2.35. The number of hydrogen-bond donors (Lipinski definition) is 1. The van der Waals surface area contributed by atoms with Crippen LogP contribution in [-0.2, 0) is 14.3 Å². The first-order valence-corrected chi connectivity index (χ1v) is 7.70. The van der Waals surface area contributed by atoms with Crippen LogP contribution in [0.1, 0.15) is 5.56 Å². The summed E-state index contributed by atoms with van der Waals surface area (Å²) >= 11 is 3.38. The van der Waals surface area contributed by atoms with Crippen molar-refractivity contribution in [1.82, 2.24) is 10.2 Å². The second kappa shape index (κ2) is 7.78. The summed E-state index contributed by atoms with van der Waals surface area (Å²) in [6.45, 7) is 3.51. The molecule has 1 aliphatic heterocycles. The highest BCUT2D eigenvalue weighted by Crippen LogP contribution is 2.27. The highest BCUT2D eigenvalue weighted by molar-refractivity contribution is 9.10. The van der Waals surface area contributed by atoms with E-state index in [2.05, 4.69) is 32.6 Å². The van der Waals surface area contributed by atoms with Crippen molar-refractivity contribution >= 4 is 39.9 Å². The SMILES string of the molecule is C=CCOc1ccc(/C=C2/NC(=O)N(CC(=O)OC)C2=O)cc1Br. The number of imide groups is 1. The zero-order valence-corrected chi connectivity index (χ0v) is 14.5. The highest BCUT2D eigenvalue weighted by atomic mass is 79.9. The van der Waals surface area contributed by atoms with Gasteiger partial charge in [-0.05, 0) is 39.7 Å². The standard InChI is InChI=1S/C16H15BrN2O5/c1-3-6-24-13-5-4-10(7-11(13)17)8-12-15(21)19(16(22)18-12)9-14(20)23-2/h3-5,7-8H,1,6,9H2,2H3,(H,18,22)/b12-8+. The number of nitrogens with one attached hydrogen (secondary N) is 1. The molecule has 8 heteroatoms. The van der Waals surface area contributed by atoms with Crippen LogP contribution in [0.2, 0.25) is 0 Å². The molecule has 0 spiro atoms. The van der Waals surface area contributed by atoms with Gasteiger partial charge in [-0.1, -0.05) is 18.7 Å². The number of urea groups is 1. The van der Waals surface area contributed by atoms with E-state index in [4.69, 9.17) is 4.74 Å². The minimum Gasteiger partial charge on any atom is -0.488 e. The molecule has 0 aromatic heterocycles. The van der Waals surface area contributed by atoms with Gasteiger partial charge in [-0.15, -0.1) is 0 Å². The van der Waals surface area contributed by atoms with Crippen LogP contribution in [0.5, 0.6) is 5.75 Å². The third kappa shape index (κ3) is 4.02. The van der Waals surface area contributed by atoms with Gasteiger partial charge in [0.2, 0.25) is 0 Å². The predicted molar refractivity (Wildman–Crippen MR) is 90.1 cm³/mol. The molecule has 24 heavy (non-hydrogen) atoms. The predicted octanol–water partition coefficient (Wildman–Crippen LogP) is 2.08. The fourth-order valence-electron chi connectivity index (χ4n) is 1.95. The van der Waals surface area contributed by atoms with Crippen molar-refractivity contribution in [2.24, 2.45) is 0 Å². The smallest absolute Gasteiger partial charge is 0.329 e. The van der Waals surface area contributed by atoms with Crippen molar-refractivity contribution in [3.05, 3.63) is 46.6 Å². The third-order valence-electron chi connectivity index (χ3n) is 3.10. The van der Waals surface area contributed by atoms with E-state index in [-0.39, 0.29) is 5.70 Å². The van der Waals surface area contributed by atoms with E-state index in [0.29, 0.717) is 22.4 Å². The van der Waals surface area contributed by atoms with Gasteiger partial charge in [-0.3, -0.25) is 9.59 Å². The Morgan fingerprint density at radius 1 is 1.42 bits per heavy atom. The number of carbonyl (C=O) groups is 3. The number of esters is 1. The number of nitrogens with zero attached hydrogens (tertiary/aromatic N) is 1. The van der Waals surface area contributed by atoms with Gasteiger partial charge in [0.15, 0.2) is 0 Å². The maximum atomic E-state index is 12.2. The van der Waals surface area contributed by atoms with E-state index in [1.807, 2.05) is 0 Å². The van der Waals surface area contributed by atoms with Gasteiger partial charge in [0, 0.05) is 0 Å². The van der Waals surface area contributed by atoms with Crippen LogP contribution in [0.15, 0.2) is 41.0 Å². The van der Waals surface area contributed by atoms with Crippen LogP contribution >= 0.6 is 15.9 Å². The average molecular weight is 395 g/mol. The Morgan fingerprint density at radius 2 is 2.17 bits per heavy atom. The molecule has 0 atom stereocenters. The van der Waals surface area contributed by atoms with Crippen molar-refractivity contribution in [2.75, 3.05) is 20.3 Å². The molecule has 1 saturated heterocycles. The molecule has 0 unspecified atom stereocenters. The Bertz CT molecular complexity index is 729. The van der Waals surface area contributed by atoms with E-state index in [1.165, 1.54) is 13.2 Å². The second-order valence-electron chi connectivity index (χ2n) is 4.75. The molecule has 1 fully saturated rings. The lowest BCUT2D eigenvalue weighted by molar-refractivity contribution is -0.143. The summed E-state index contributed by atoms with van der Waals surface area (Å²) in [6, 6.07) is 4.54. The lowest BCUT2D eigenvalue weighted by atomic mass is 10.2. The van der Waals surface area contributed by atoms with E-state index in [0.717, 1.165) is 4.90 Å². The molecule has 1 heterocycles. The topological polar surface area (TPSA) is 84.9 Å². The number of hydrogen-bond acceptors (Lipinski definition) is 5. The minimum atomic E-state index is -0.675. The van der Waals surface area contributed by atoms with Crippen LogP contribution in [0, 0.1) is 0 Å². The number of benzene rings is 1. The molecule has 3 amide bonds. The van der Waals surface area contributed by atoms with Gasteiger partial charge in [-0.25, -0.2) is 9.69 Å². The summed E-state index contributed by atoms with van der Waals surface area (Å²) in [5.41, 5.74) is 0.756. The molecular weight excluding hydrogens is 380 g/mol. The van der Waals surface area contributed by atoms with Crippen molar-refractivity contribution < 1.29 is 23.9 Å². The van der Waals surface area contributed by atoms with Crippen molar-refractivity contribution in [3.63, 3.8) is 0 Å². The largest absolute Gasteiger partial charge is 0.488 e.